The van der Waals surface area contributed by atoms with Gasteiger partial charge in [-0.1, -0.05) is 0 Å². The smallest absolute Gasteiger partial charge is 0.291 e. The Balaban J connectivity index is 1.72. The fourth-order valence-corrected chi connectivity index (χ4v) is 3.22. The van der Waals surface area contributed by atoms with Crippen molar-refractivity contribution in [1.29, 1.82) is 0 Å². The van der Waals surface area contributed by atoms with Crippen LogP contribution in [0.25, 0.3) is 0 Å². The van der Waals surface area contributed by atoms with Gasteiger partial charge in [-0.25, -0.2) is 4.98 Å². The molecule has 2 N–H and O–H groups in total. The Hall–Kier alpha value is -1.43. The van der Waals surface area contributed by atoms with Gasteiger partial charge in [0.15, 0.2) is 0 Å². The van der Waals surface area contributed by atoms with Gasteiger partial charge >= 0.3 is 0 Å². The topological polar surface area (TPSA) is 73.9 Å². The van der Waals surface area contributed by atoms with E-state index < -0.39 is 0 Å². The summed E-state index contributed by atoms with van der Waals surface area (Å²) in [7, 11) is 0. The molecule has 1 spiro atoms. The molecule has 0 bridgehead atoms. The number of nitrogens with zero attached hydrogens (tertiary/aromatic N) is 3. The van der Waals surface area contributed by atoms with Crippen LogP contribution in [0, 0.1) is 5.41 Å². The maximum absolute atomic E-state index is 12.3. The quantitative estimate of drug-likeness (QED) is 0.756. The van der Waals surface area contributed by atoms with E-state index in [0.717, 1.165) is 32.6 Å². The molecule has 0 radical (unpaired) electrons. The molecule has 1 amide bonds. The number of aromatic amines is 1. The molecule has 2 aliphatic heterocycles. The molecule has 1 unspecified atom stereocenters. The molecule has 2 saturated heterocycles. The number of aromatic nitrogens is 3. The van der Waals surface area contributed by atoms with Gasteiger partial charge in [-0.3, -0.25) is 9.89 Å². The van der Waals surface area contributed by atoms with Gasteiger partial charge in [0, 0.05) is 25.0 Å². The van der Waals surface area contributed by atoms with Crippen molar-refractivity contribution >= 4 is 5.91 Å². The molecule has 3 heterocycles. The zero-order chi connectivity index (χ0) is 12.4. The Morgan fingerprint density at radius 2 is 2.28 bits per heavy atom. The van der Waals surface area contributed by atoms with E-state index in [-0.39, 0.29) is 11.3 Å². The standard InChI is InChI=1S/C12H19N5O/c18-11(10-14-9-15-16-10)17-6-2-4-12(8-17)3-1-5-13-7-12/h9,13H,1-8H2,(H,14,15,16). The van der Waals surface area contributed by atoms with Gasteiger partial charge in [0.2, 0.25) is 5.82 Å². The van der Waals surface area contributed by atoms with Gasteiger partial charge in [0.25, 0.3) is 5.91 Å². The fourth-order valence-electron chi connectivity index (χ4n) is 3.22. The third-order valence-corrected chi connectivity index (χ3v) is 4.13. The Bertz CT molecular complexity index is 405. The van der Waals surface area contributed by atoms with Crippen LogP contribution in [-0.4, -0.2) is 52.2 Å². The van der Waals surface area contributed by atoms with Crippen molar-refractivity contribution in [1.82, 2.24) is 25.4 Å². The van der Waals surface area contributed by atoms with E-state index in [1.54, 1.807) is 0 Å². The predicted octanol–water partition coefficient (Wildman–Crippen LogP) is 0.411. The summed E-state index contributed by atoms with van der Waals surface area (Å²) < 4.78 is 0. The SMILES string of the molecule is O=C(c1ncn[nH]1)N1CCCC2(CCCNC2)C1. The summed E-state index contributed by atoms with van der Waals surface area (Å²) in [5.74, 6) is 0.341. The Labute approximate surface area is 106 Å². The van der Waals surface area contributed by atoms with Gasteiger partial charge in [-0.15, -0.1) is 0 Å². The van der Waals surface area contributed by atoms with Crippen LogP contribution >= 0.6 is 0 Å². The summed E-state index contributed by atoms with van der Waals surface area (Å²) in [4.78, 5) is 18.1. The summed E-state index contributed by atoms with van der Waals surface area (Å²) in [6.07, 6.45) is 6.13. The van der Waals surface area contributed by atoms with Crippen LogP contribution in [0.2, 0.25) is 0 Å². The van der Waals surface area contributed by atoms with Crippen molar-refractivity contribution in [3.05, 3.63) is 12.2 Å². The van der Waals surface area contributed by atoms with E-state index in [1.165, 1.54) is 25.6 Å². The number of carbonyl (C=O) groups excluding carboxylic acids is 1. The zero-order valence-corrected chi connectivity index (χ0v) is 10.5. The van der Waals surface area contributed by atoms with Crippen LogP contribution in [-0.2, 0) is 0 Å². The first-order valence-corrected chi connectivity index (χ1v) is 6.65. The van der Waals surface area contributed by atoms with Gasteiger partial charge in [-0.2, -0.15) is 5.10 Å². The largest absolute Gasteiger partial charge is 0.335 e. The number of rotatable bonds is 1. The summed E-state index contributed by atoms with van der Waals surface area (Å²) in [5.41, 5.74) is 0.284. The summed E-state index contributed by atoms with van der Waals surface area (Å²) in [6.45, 7) is 3.83. The van der Waals surface area contributed by atoms with Crippen molar-refractivity contribution in [2.24, 2.45) is 5.41 Å². The van der Waals surface area contributed by atoms with Crippen LogP contribution in [0.15, 0.2) is 6.33 Å². The molecule has 98 valence electrons. The molecule has 6 heteroatoms. The molecule has 1 aromatic rings. The van der Waals surface area contributed by atoms with Crippen molar-refractivity contribution in [2.75, 3.05) is 26.2 Å². The van der Waals surface area contributed by atoms with Crippen LogP contribution in [0.3, 0.4) is 0 Å². The number of amides is 1. The summed E-state index contributed by atoms with van der Waals surface area (Å²) in [5, 5.41) is 9.87. The van der Waals surface area contributed by atoms with E-state index in [9.17, 15) is 4.79 Å². The number of H-pyrrole nitrogens is 1. The lowest BCUT2D eigenvalue weighted by Gasteiger charge is -2.45. The maximum Gasteiger partial charge on any atom is 0.291 e. The maximum atomic E-state index is 12.3. The van der Waals surface area contributed by atoms with Crippen LogP contribution in [0.5, 0.6) is 0 Å². The average molecular weight is 249 g/mol. The highest BCUT2D eigenvalue weighted by Crippen LogP contribution is 2.36. The minimum atomic E-state index is -0.0165. The lowest BCUT2D eigenvalue weighted by molar-refractivity contribution is 0.0424. The molecule has 1 aromatic heterocycles. The first kappa shape index (κ1) is 11.6. The number of hydrogen-bond donors (Lipinski definition) is 2. The summed E-state index contributed by atoms with van der Waals surface area (Å²) in [6, 6.07) is 0. The molecule has 2 fully saturated rings. The number of piperidine rings is 2. The monoisotopic (exact) mass is 249 g/mol. The Morgan fingerprint density at radius 3 is 3.00 bits per heavy atom. The highest BCUT2D eigenvalue weighted by molar-refractivity contribution is 5.90. The van der Waals surface area contributed by atoms with Crippen molar-refractivity contribution in [3.8, 4) is 0 Å². The normalized spacial score (nSPS) is 28.6. The first-order chi connectivity index (χ1) is 8.79. The molecule has 2 aliphatic rings. The van der Waals surface area contributed by atoms with Gasteiger partial charge in [0.1, 0.15) is 6.33 Å². The highest BCUT2D eigenvalue weighted by atomic mass is 16.2. The molecule has 6 nitrogen and oxygen atoms in total. The second kappa shape index (κ2) is 4.68. The molecule has 0 aliphatic carbocycles. The van der Waals surface area contributed by atoms with E-state index in [0.29, 0.717) is 5.82 Å². The number of likely N-dealkylation sites (tertiary alicyclic amines) is 1. The Kier molecular flexibility index (Phi) is 3.03. The van der Waals surface area contributed by atoms with E-state index >= 15 is 0 Å². The summed E-state index contributed by atoms with van der Waals surface area (Å²) >= 11 is 0. The second-order valence-corrected chi connectivity index (χ2v) is 5.44. The van der Waals surface area contributed by atoms with Crippen molar-refractivity contribution in [3.63, 3.8) is 0 Å². The highest BCUT2D eigenvalue weighted by Gasteiger charge is 2.38. The Morgan fingerprint density at radius 1 is 1.39 bits per heavy atom. The lowest BCUT2D eigenvalue weighted by atomic mass is 9.74. The minimum absolute atomic E-state index is 0.0165. The first-order valence-electron chi connectivity index (χ1n) is 6.65. The van der Waals surface area contributed by atoms with Gasteiger partial charge < -0.3 is 10.2 Å². The van der Waals surface area contributed by atoms with Crippen LogP contribution in [0.1, 0.15) is 36.3 Å². The van der Waals surface area contributed by atoms with E-state index in [1.807, 2.05) is 4.90 Å². The van der Waals surface area contributed by atoms with Gasteiger partial charge in [0.05, 0.1) is 0 Å². The molecular weight excluding hydrogens is 230 g/mol. The van der Waals surface area contributed by atoms with Crippen molar-refractivity contribution < 1.29 is 4.79 Å². The van der Waals surface area contributed by atoms with Crippen molar-refractivity contribution in [2.45, 2.75) is 25.7 Å². The van der Waals surface area contributed by atoms with Crippen LogP contribution < -0.4 is 5.32 Å². The average Bonchev–Trinajstić information content (AvgIpc) is 2.93. The minimum Gasteiger partial charge on any atom is -0.335 e. The van der Waals surface area contributed by atoms with Gasteiger partial charge in [-0.05, 0) is 32.2 Å². The fraction of sp³-hybridized carbons (Fsp3) is 0.750. The second-order valence-electron chi connectivity index (χ2n) is 5.44. The molecule has 0 saturated carbocycles. The predicted molar refractivity (Wildman–Crippen MR) is 66.1 cm³/mol. The zero-order valence-electron chi connectivity index (χ0n) is 10.5. The van der Waals surface area contributed by atoms with Crippen LogP contribution in [0.4, 0.5) is 0 Å². The molecule has 18 heavy (non-hydrogen) atoms. The number of hydrogen-bond acceptors (Lipinski definition) is 4. The van der Waals surface area contributed by atoms with E-state index in [4.69, 9.17) is 0 Å². The third kappa shape index (κ3) is 2.12. The number of carbonyl (C=O) groups is 1. The molecule has 0 aromatic carbocycles. The lowest BCUT2D eigenvalue weighted by Crippen LogP contribution is -2.52. The third-order valence-electron chi connectivity index (χ3n) is 4.13. The molecule has 1 atom stereocenters. The van der Waals surface area contributed by atoms with E-state index in [2.05, 4.69) is 20.5 Å². The number of nitrogens with one attached hydrogen (secondary N) is 2. The molecule has 3 rings (SSSR count). The molecular formula is C12H19N5O.